The van der Waals surface area contributed by atoms with Crippen molar-refractivity contribution in [1.29, 1.82) is 0 Å². The third-order valence-corrected chi connectivity index (χ3v) is 6.10. The number of carbonyl (C=O) groups is 1. The van der Waals surface area contributed by atoms with Gasteiger partial charge >= 0.3 is 5.97 Å². The molecule has 158 valence electrons. The molecule has 7 heteroatoms. The number of esters is 1. The van der Waals surface area contributed by atoms with Crippen molar-refractivity contribution in [3.8, 4) is 0 Å². The van der Waals surface area contributed by atoms with Gasteiger partial charge in [-0.15, -0.1) is 0 Å². The fraction of sp³-hybridized carbons (Fsp3) is 0.682. The molecular weight excluding hydrogens is 368 g/mol. The van der Waals surface area contributed by atoms with E-state index in [9.17, 15) is 9.90 Å². The van der Waals surface area contributed by atoms with Crippen LogP contribution in [0.3, 0.4) is 0 Å². The number of hydrogen-bond donors (Lipinski definition) is 2. The minimum atomic E-state index is -0.456. The molecule has 1 aliphatic heterocycles. The van der Waals surface area contributed by atoms with Gasteiger partial charge in [-0.25, -0.2) is 14.6 Å². The van der Waals surface area contributed by atoms with Crippen molar-refractivity contribution >= 4 is 17.5 Å². The van der Waals surface area contributed by atoms with Crippen LogP contribution in [-0.4, -0.2) is 54.4 Å². The lowest BCUT2D eigenvalue weighted by Crippen LogP contribution is -2.54. The standard InChI is InChI=1S/C22H32N4O3/c1-4-29-22(28)18-12-20(23-3)15(2)24-21(18)26-11-10-19(16(13-26)14-27)25-17-8-6-5-7-9-17/h12,16-17,19,25,27H,4-11,13-14H2,1-2H3. The number of hydrogen-bond acceptors (Lipinski definition) is 6. The highest BCUT2D eigenvalue weighted by Gasteiger charge is 2.33. The van der Waals surface area contributed by atoms with Crippen LogP contribution >= 0.6 is 0 Å². The van der Waals surface area contributed by atoms with Crippen molar-refractivity contribution in [2.24, 2.45) is 5.92 Å². The second-order valence-electron chi connectivity index (χ2n) is 8.08. The third-order valence-electron chi connectivity index (χ3n) is 6.10. The van der Waals surface area contributed by atoms with Gasteiger partial charge in [0, 0.05) is 43.4 Å². The summed E-state index contributed by atoms with van der Waals surface area (Å²) in [6.45, 7) is 12.6. The number of aliphatic hydroxyl groups is 1. The lowest BCUT2D eigenvalue weighted by Gasteiger charge is -2.41. The summed E-state index contributed by atoms with van der Waals surface area (Å²) < 4.78 is 5.20. The molecule has 2 heterocycles. The Hall–Kier alpha value is -2.17. The third kappa shape index (κ3) is 5.06. The monoisotopic (exact) mass is 400 g/mol. The Morgan fingerprint density at radius 1 is 1.38 bits per heavy atom. The van der Waals surface area contributed by atoms with Gasteiger partial charge in [0.2, 0.25) is 5.69 Å². The Morgan fingerprint density at radius 2 is 2.14 bits per heavy atom. The Labute approximate surface area is 173 Å². The lowest BCUT2D eigenvalue weighted by molar-refractivity contribution is 0.0526. The van der Waals surface area contributed by atoms with Gasteiger partial charge in [-0.1, -0.05) is 19.3 Å². The first-order chi connectivity index (χ1) is 14.1. The number of nitrogens with one attached hydrogen (secondary N) is 1. The van der Waals surface area contributed by atoms with Crippen molar-refractivity contribution in [2.45, 2.75) is 64.5 Å². The van der Waals surface area contributed by atoms with Gasteiger partial charge in [0.25, 0.3) is 0 Å². The van der Waals surface area contributed by atoms with Gasteiger partial charge in [0.15, 0.2) is 0 Å². The molecule has 1 saturated carbocycles. The normalized spacial score (nSPS) is 22.9. The smallest absolute Gasteiger partial charge is 0.340 e. The molecular formula is C22H32N4O3. The average molecular weight is 401 g/mol. The van der Waals surface area contributed by atoms with Crippen molar-refractivity contribution in [3.05, 3.63) is 28.7 Å². The Kier molecular flexibility index (Phi) is 7.45. The number of rotatable bonds is 6. The number of carbonyl (C=O) groups excluding carboxylic acids is 1. The molecule has 2 unspecified atom stereocenters. The zero-order valence-corrected chi connectivity index (χ0v) is 17.5. The molecule has 1 saturated heterocycles. The maximum atomic E-state index is 12.5. The molecule has 2 aliphatic rings. The second kappa shape index (κ2) is 10.0. The Bertz CT molecular complexity index is 755. The summed E-state index contributed by atoms with van der Waals surface area (Å²) in [6.07, 6.45) is 7.19. The van der Waals surface area contributed by atoms with E-state index in [-0.39, 0.29) is 25.2 Å². The number of ether oxygens (including phenoxy) is 1. The predicted octanol–water partition coefficient (Wildman–Crippen LogP) is 3.23. The summed E-state index contributed by atoms with van der Waals surface area (Å²) in [5, 5.41) is 13.8. The summed E-state index contributed by atoms with van der Waals surface area (Å²) in [7, 11) is 0. The van der Waals surface area contributed by atoms with E-state index in [1.54, 1.807) is 19.9 Å². The van der Waals surface area contributed by atoms with Gasteiger partial charge in [0.1, 0.15) is 5.82 Å². The number of aromatic nitrogens is 1. The molecule has 1 aliphatic carbocycles. The molecule has 2 fully saturated rings. The SMILES string of the molecule is [C-]#[N+]c1cc(C(=O)OCC)c(N2CCC(NC3CCCCC3)C(CO)C2)nc1C. The fourth-order valence-electron chi connectivity index (χ4n) is 4.50. The lowest BCUT2D eigenvalue weighted by atomic mass is 9.89. The van der Waals surface area contributed by atoms with E-state index in [0.717, 1.165) is 13.0 Å². The summed E-state index contributed by atoms with van der Waals surface area (Å²) in [6, 6.07) is 2.40. The molecule has 0 spiro atoms. The maximum absolute atomic E-state index is 12.5. The fourth-order valence-corrected chi connectivity index (χ4v) is 4.50. The van der Waals surface area contributed by atoms with Crippen LogP contribution in [-0.2, 0) is 4.74 Å². The number of nitrogens with zero attached hydrogens (tertiary/aromatic N) is 3. The molecule has 1 aromatic rings. The highest BCUT2D eigenvalue weighted by Crippen LogP contribution is 2.31. The minimum Gasteiger partial charge on any atom is -0.462 e. The van der Waals surface area contributed by atoms with E-state index in [4.69, 9.17) is 11.3 Å². The molecule has 2 atom stereocenters. The largest absolute Gasteiger partial charge is 0.462 e. The molecule has 2 N–H and O–H groups in total. The van der Waals surface area contributed by atoms with Gasteiger partial charge in [-0.2, -0.15) is 0 Å². The molecule has 0 aromatic carbocycles. The van der Waals surface area contributed by atoms with Crippen molar-refractivity contribution in [1.82, 2.24) is 10.3 Å². The van der Waals surface area contributed by atoms with E-state index in [0.29, 0.717) is 35.3 Å². The first-order valence-corrected chi connectivity index (χ1v) is 10.8. The molecule has 0 radical (unpaired) electrons. The Balaban J connectivity index is 1.79. The molecule has 29 heavy (non-hydrogen) atoms. The van der Waals surface area contributed by atoms with Crippen LogP contribution in [0.25, 0.3) is 4.85 Å². The summed E-state index contributed by atoms with van der Waals surface area (Å²) in [5.41, 5.74) is 1.30. The minimum absolute atomic E-state index is 0.0726. The zero-order chi connectivity index (χ0) is 20.8. The zero-order valence-electron chi connectivity index (χ0n) is 17.5. The number of piperidine rings is 1. The quantitative estimate of drug-likeness (QED) is 0.564. The van der Waals surface area contributed by atoms with Gasteiger partial charge in [-0.3, -0.25) is 0 Å². The van der Waals surface area contributed by atoms with Crippen LogP contribution in [0.5, 0.6) is 0 Å². The van der Waals surface area contributed by atoms with Crippen molar-refractivity contribution < 1.29 is 14.6 Å². The van der Waals surface area contributed by atoms with Crippen LogP contribution < -0.4 is 10.2 Å². The number of aryl methyl sites for hydroxylation is 1. The van der Waals surface area contributed by atoms with Crippen molar-refractivity contribution in [3.63, 3.8) is 0 Å². The van der Waals surface area contributed by atoms with E-state index in [1.165, 1.54) is 32.1 Å². The second-order valence-corrected chi connectivity index (χ2v) is 8.08. The highest BCUT2D eigenvalue weighted by molar-refractivity contribution is 5.96. The molecule has 1 aromatic heterocycles. The molecule has 3 rings (SSSR count). The first-order valence-electron chi connectivity index (χ1n) is 10.8. The van der Waals surface area contributed by atoms with Crippen LogP contribution in [0.4, 0.5) is 11.5 Å². The van der Waals surface area contributed by atoms with Crippen molar-refractivity contribution in [2.75, 3.05) is 31.2 Å². The summed E-state index contributed by atoms with van der Waals surface area (Å²) in [5.74, 6) is 0.175. The van der Waals surface area contributed by atoms with Gasteiger partial charge < -0.3 is 20.1 Å². The van der Waals surface area contributed by atoms with E-state index in [1.807, 2.05) is 0 Å². The van der Waals surface area contributed by atoms with E-state index >= 15 is 0 Å². The van der Waals surface area contributed by atoms with E-state index < -0.39 is 5.97 Å². The summed E-state index contributed by atoms with van der Waals surface area (Å²) in [4.78, 5) is 22.6. The maximum Gasteiger partial charge on any atom is 0.340 e. The van der Waals surface area contributed by atoms with Gasteiger partial charge in [-0.05, 0) is 39.2 Å². The molecule has 7 nitrogen and oxygen atoms in total. The number of anilines is 1. The van der Waals surface area contributed by atoms with Crippen LogP contribution in [0.2, 0.25) is 0 Å². The van der Waals surface area contributed by atoms with E-state index in [2.05, 4.69) is 20.0 Å². The first kappa shape index (κ1) is 21.5. The van der Waals surface area contributed by atoms with Crippen LogP contribution in [0, 0.1) is 19.4 Å². The van der Waals surface area contributed by atoms with Crippen LogP contribution in [0.15, 0.2) is 6.07 Å². The predicted molar refractivity (Wildman–Crippen MR) is 112 cm³/mol. The summed E-state index contributed by atoms with van der Waals surface area (Å²) >= 11 is 0. The number of aliphatic hydroxyl groups excluding tert-OH is 1. The number of pyridine rings is 1. The highest BCUT2D eigenvalue weighted by atomic mass is 16.5. The molecule has 0 bridgehead atoms. The Morgan fingerprint density at radius 3 is 2.79 bits per heavy atom. The van der Waals surface area contributed by atoms with Crippen LogP contribution in [0.1, 0.15) is 61.5 Å². The van der Waals surface area contributed by atoms with Gasteiger partial charge in [0.05, 0.1) is 18.7 Å². The molecule has 0 amide bonds. The average Bonchev–Trinajstić information content (AvgIpc) is 2.74. The topological polar surface area (TPSA) is 79.0 Å².